The van der Waals surface area contributed by atoms with Crippen LogP contribution in [0.3, 0.4) is 0 Å². The Bertz CT molecular complexity index is 602. The number of nitrogens with one attached hydrogen (secondary N) is 1. The van der Waals surface area contributed by atoms with Gasteiger partial charge in [0.1, 0.15) is 11.4 Å². The van der Waals surface area contributed by atoms with Crippen molar-refractivity contribution in [1.82, 2.24) is 9.97 Å². The van der Waals surface area contributed by atoms with E-state index in [0.29, 0.717) is 5.75 Å². The number of hydrogen-bond acceptors (Lipinski definition) is 5. The Morgan fingerprint density at radius 2 is 2.00 bits per heavy atom. The maximum atomic E-state index is 5.45. The van der Waals surface area contributed by atoms with Gasteiger partial charge < -0.3 is 10.1 Å². The molecule has 106 valence electrons. The SMILES string of the molecule is CCNc1ncnc(Sc2ccc(C)c(C)c2)c1OC. The first-order chi connectivity index (χ1) is 9.65. The van der Waals surface area contributed by atoms with E-state index in [9.17, 15) is 0 Å². The van der Waals surface area contributed by atoms with Crippen molar-refractivity contribution >= 4 is 17.6 Å². The topological polar surface area (TPSA) is 47.0 Å². The van der Waals surface area contributed by atoms with Gasteiger partial charge in [0, 0.05) is 11.4 Å². The van der Waals surface area contributed by atoms with E-state index < -0.39 is 0 Å². The van der Waals surface area contributed by atoms with Crippen molar-refractivity contribution in [2.75, 3.05) is 19.0 Å². The number of anilines is 1. The fourth-order valence-electron chi connectivity index (χ4n) is 1.80. The number of rotatable bonds is 5. The van der Waals surface area contributed by atoms with Crippen LogP contribution in [0.5, 0.6) is 5.75 Å². The molecule has 0 radical (unpaired) electrons. The second-order valence-electron chi connectivity index (χ2n) is 4.44. The van der Waals surface area contributed by atoms with Crippen LogP contribution in [0.15, 0.2) is 34.4 Å². The normalized spacial score (nSPS) is 10.4. The molecule has 0 aliphatic carbocycles. The molecule has 1 N–H and O–H groups in total. The molecule has 0 aliphatic heterocycles. The zero-order valence-electron chi connectivity index (χ0n) is 12.2. The third-order valence-electron chi connectivity index (χ3n) is 3.01. The van der Waals surface area contributed by atoms with Crippen LogP contribution < -0.4 is 10.1 Å². The van der Waals surface area contributed by atoms with E-state index >= 15 is 0 Å². The molecule has 1 aromatic heterocycles. The van der Waals surface area contributed by atoms with Crippen LogP contribution in [-0.2, 0) is 0 Å². The summed E-state index contributed by atoms with van der Waals surface area (Å²) in [7, 11) is 1.64. The van der Waals surface area contributed by atoms with Crippen molar-refractivity contribution in [2.24, 2.45) is 0 Å². The standard InChI is InChI=1S/C15H19N3OS/c1-5-16-14-13(19-4)15(18-9-17-14)20-12-7-6-10(2)11(3)8-12/h6-9H,5H2,1-4H3,(H,16,17,18). The summed E-state index contributed by atoms with van der Waals surface area (Å²) in [6, 6.07) is 6.38. The maximum Gasteiger partial charge on any atom is 0.194 e. The molecule has 4 nitrogen and oxygen atoms in total. The molecule has 0 saturated heterocycles. The van der Waals surface area contributed by atoms with E-state index in [-0.39, 0.29) is 0 Å². The predicted molar refractivity (Wildman–Crippen MR) is 82.8 cm³/mol. The van der Waals surface area contributed by atoms with Crippen molar-refractivity contribution in [1.29, 1.82) is 0 Å². The molecule has 1 aromatic carbocycles. The van der Waals surface area contributed by atoms with E-state index in [1.54, 1.807) is 25.2 Å². The van der Waals surface area contributed by atoms with Crippen molar-refractivity contribution in [3.05, 3.63) is 35.7 Å². The second-order valence-corrected chi connectivity index (χ2v) is 5.50. The van der Waals surface area contributed by atoms with Crippen LogP contribution in [0.25, 0.3) is 0 Å². The summed E-state index contributed by atoms with van der Waals surface area (Å²) in [6.45, 7) is 7.04. The lowest BCUT2D eigenvalue weighted by atomic mass is 10.1. The molecule has 0 unspecified atom stereocenters. The summed E-state index contributed by atoms with van der Waals surface area (Å²) >= 11 is 1.59. The van der Waals surface area contributed by atoms with Crippen LogP contribution in [-0.4, -0.2) is 23.6 Å². The highest BCUT2D eigenvalue weighted by molar-refractivity contribution is 7.99. The molecule has 0 aliphatic rings. The molecule has 0 fully saturated rings. The van der Waals surface area contributed by atoms with Gasteiger partial charge >= 0.3 is 0 Å². The molecule has 0 spiro atoms. The average Bonchev–Trinajstić information content (AvgIpc) is 2.44. The van der Waals surface area contributed by atoms with Crippen molar-refractivity contribution in [3.8, 4) is 5.75 Å². The summed E-state index contributed by atoms with van der Waals surface area (Å²) in [4.78, 5) is 9.69. The van der Waals surface area contributed by atoms with Gasteiger partial charge in [0.15, 0.2) is 11.6 Å². The molecule has 0 atom stereocenters. The first kappa shape index (κ1) is 14.7. The largest absolute Gasteiger partial charge is 0.490 e. The van der Waals surface area contributed by atoms with Crippen molar-refractivity contribution in [3.63, 3.8) is 0 Å². The van der Waals surface area contributed by atoms with E-state index in [0.717, 1.165) is 22.3 Å². The molecule has 2 rings (SSSR count). The Morgan fingerprint density at radius 3 is 2.65 bits per heavy atom. The lowest BCUT2D eigenvalue weighted by molar-refractivity contribution is 0.400. The smallest absolute Gasteiger partial charge is 0.194 e. The number of benzene rings is 1. The van der Waals surface area contributed by atoms with Crippen molar-refractivity contribution in [2.45, 2.75) is 30.7 Å². The number of ether oxygens (including phenoxy) is 1. The van der Waals surface area contributed by atoms with E-state index in [1.807, 2.05) is 6.92 Å². The lowest BCUT2D eigenvalue weighted by Crippen LogP contribution is -2.03. The third-order valence-corrected chi connectivity index (χ3v) is 3.99. The molecule has 0 saturated carbocycles. The van der Waals surface area contributed by atoms with Crippen LogP contribution in [0.4, 0.5) is 5.82 Å². The third kappa shape index (κ3) is 3.22. The monoisotopic (exact) mass is 289 g/mol. The summed E-state index contributed by atoms with van der Waals surface area (Å²) in [5.41, 5.74) is 2.56. The van der Waals surface area contributed by atoms with Gasteiger partial charge in [-0.2, -0.15) is 0 Å². The molecule has 1 heterocycles. The summed E-state index contributed by atoms with van der Waals surface area (Å²) in [6.07, 6.45) is 1.56. The first-order valence-corrected chi connectivity index (χ1v) is 7.35. The molecular weight excluding hydrogens is 270 g/mol. The van der Waals surface area contributed by atoms with Crippen molar-refractivity contribution < 1.29 is 4.74 Å². The van der Waals surface area contributed by atoms with Crippen LogP contribution in [0.1, 0.15) is 18.1 Å². The molecular formula is C15H19N3OS. The predicted octanol–water partition coefficient (Wildman–Crippen LogP) is 3.69. The highest BCUT2D eigenvalue weighted by Crippen LogP contribution is 2.37. The van der Waals surface area contributed by atoms with Gasteiger partial charge in [-0.3, -0.25) is 0 Å². The van der Waals surface area contributed by atoms with E-state index in [4.69, 9.17) is 4.74 Å². The van der Waals surface area contributed by atoms with E-state index in [1.165, 1.54) is 11.1 Å². The summed E-state index contributed by atoms with van der Waals surface area (Å²) in [5.74, 6) is 1.42. The van der Waals surface area contributed by atoms with Gasteiger partial charge in [-0.25, -0.2) is 9.97 Å². The molecule has 0 amide bonds. The number of methoxy groups -OCH3 is 1. The minimum absolute atomic E-state index is 0.692. The van der Waals surface area contributed by atoms with Gasteiger partial charge in [-0.15, -0.1) is 0 Å². The highest BCUT2D eigenvalue weighted by atomic mass is 32.2. The van der Waals surface area contributed by atoms with Gasteiger partial charge in [0.05, 0.1) is 7.11 Å². The Labute approximate surface area is 124 Å². The number of aryl methyl sites for hydroxylation is 2. The molecule has 5 heteroatoms. The Morgan fingerprint density at radius 1 is 1.20 bits per heavy atom. The fourth-order valence-corrected chi connectivity index (χ4v) is 2.76. The lowest BCUT2D eigenvalue weighted by Gasteiger charge is -2.12. The Balaban J connectivity index is 2.32. The van der Waals surface area contributed by atoms with Crippen LogP contribution >= 0.6 is 11.8 Å². The Hall–Kier alpha value is -1.75. The Kier molecular flexibility index (Phi) is 4.84. The zero-order chi connectivity index (χ0) is 14.5. The van der Waals surface area contributed by atoms with Gasteiger partial charge in [0.2, 0.25) is 0 Å². The average molecular weight is 289 g/mol. The van der Waals surface area contributed by atoms with Gasteiger partial charge in [-0.05, 0) is 44.0 Å². The number of hydrogen-bond donors (Lipinski definition) is 1. The first-order valence-electron chi connectivity index (χ1n) is 6.53. The van der Waals surface area contributed by atoms with Gasteiger partial charge in [-0.1, -0.05) is 17.8 Å². The summed E-state index contributed by atoms with van der Waals surface area (Å²) in [5, 5.41) is 4.01. The van der Waals surface area contributed by atoms with Crippen LogP contribution in [0, 0.1) is 13.8 Å². The minimum Gasteiger partial charge on any atom is -0.490 e. The molecule has 2 aromatic rings. The summed E-state index contributed by atoms with van der Waals surface area (Å²) < 4.78 is 5.45. The van der Waals surface area contributed by atoms with E-state index in [2.05, 4.69) is 47.3 Å². The highest BCUT2D eigenvalue weighted by Gasteiger charge is 2.13. The number of nitrogens with zero attached hydrogens (tertiary/aromatic N) is 2. The maximum absolute atomic E-state index is 5.45. The minimum atomic E-state index is 0.692. The van der Waals surface area contributed by atoms with Crippen LogP contribution in [0.2, 0.25) is 0 Å². The second kappa shape index (κ2) is 6.61. The molecule has 0 bridgehead atoms. The fraction of sp³-hybridized carbons (Fsp3) is 0.333. The molecule has 20 heavy (non-hydrogen) atoms. The quantitative estimate of drug-likeness (QED) is 0.851. The zero-order valence-corrected chi connectivity index (χ0v) is 13.0. The number of aromatic nitrogens is 2. The van der Waals surface area contributed by atoms with Gasteiger partial charge in [0.25, 0.3) is 0 Å².